The van der Waals surface area contributed by atoms with Crippen molar-refractivity contribution in [1.82, 2.24) is 9.97 Å². The van der Waals surface area contributed by atoms with Gasteiger partial charge in [-0.05, 0) is 24.6 Å². The molecular formula is C13H14ClN5O2. The van der Waals surface area contributed by atoms with E-state index < -0.39 is 4.92 Å². The minimum atomic E-state index is -0.518. The summed E-state index contributed by atoms with van der Waals surface area (Å²) in [6, 6.07) is 7.24. The molecule has 0 saturated heterocycles. The molecule has 0 fully saturated rings. The number of nitrogens with one attached hydrogen (secondary N) is 2. The van der Waals surface area contributed by atoms with Crippen molar-refractivity contribution in [3.05, 3.63) is 51.2 Å². The van der Waals surface area contributed by atoms with Crippen LogP contribution in [0.5, 0.6) is 0 Å². The predicted molar refractivity (Wildman–Crippen MR) is 81.6 cm³/mol. The van der Waals surface area contributed by atoms with Gasteiger partial charge in [0.2, 0.25) is 11.8 Å². The van der Waals surface area contributed by atoms with E-state index in [2.05, 4.69) is 20.6 Å². The van der Waals surface area contributed by atoms with Crippen LogP contribution in [0, 0.1) is 10.1 Å². The van der Waals surface area contributed by atoms with Crippen molar-refractivity contribution in [1.29, 1.82) is 0 Å². The molecule has 110 valence electrons. The maximum Gasteiger partial charge on any atom is 0.329 e. The number of hydrogen-bond acceptors (Lipinski definition) is 6. The van der Waals surface area contributed by atoms with E-state index in [1.165, 1.54) is 6.20 Å². The number of rotatable bonds is 6. The van der Waals surface area contributed by atoms with Crippen LogP contribution in [-0.4, -0.2) is 21.4 Å². The molecule has 0 atom stereocenters. The van der Waals surface area contributed by atoms with E-state index in [1.54, 1.807) is 12.1 Å². The second kappa shape index (κ2) is 6.85. The molecule has 0 aliphatic heterocycles. The minimum Gasteiger partial charge on any atom is -0.360 e. The topological polar surface area (TPSA) is 93.0 Å². The van der Waals surface area contributed by atoms with Crippen LogP contribution in [-0.2, 0) is 6.54 Å². The van der Waals surface area contributed by atoms with Crippen LogP contribution in [0.4, 0.5) is 17.5 Å². The van der Waals surface area contributed by atoms with Crippen molar-refractivity contribution >= 4 is 29.1 Å². The monoisotopic (exact) mass is 307 g/mol. The van der Waals surface area contributed by atoms with Crippen molar-refractivity contribution in [3.63, 3.8) is 0 Å². The molecule has 0 saturated carbocycles. The highest BCUT2D eigenvalue weighted by molar-refractivity contribution is 6.30. The van der Waals surface area contributed by atoms with Crippen molar-refractivity contribution in [3.8, 4) is 0 Å². The molecule has 1 aromatic heterocycles. The van der Waals surface area contributed by atoms with E-state index in [0.29, 0.717) is 24.1 Å². The summed E-state index contributed by atoms with van der Waals surface area (Å²) in [6.45, 7) is 2.90. The largest absolute Gasteiger partial charge is 0.360 e. The lowest BCUT2D eigenvalue weighted by molar-refractivity contribution is -0.384. The first-order chi connectivity index (χ1) is 10.1. The number of aromatic nitrogens is 2. The molecule has 0 unspecified atom stereocenters. The molecule has 0 spiro atoms. The Balaban J connectivity index is 2.20. The summed E-state index contributed by atoms with van der Waals surface area (Å²) in [5, 5.41) is 17.5. The summed E-state index contributed by atoms with van der Waals surface area (Å²) in [5.74, 6) is 0.516. The van der Waals surface area contributed by atoms with E-state index in [-0.39, 0.29) is 11.5 Å². The van der Waals surface area contributed by atoms with Crippen LogP contribution in [0.25, 0.3) is 0 Å². The normalized spacial score (nSPS) is 10.2. The summed E-state index contributed by atoms with van der Waals surface area (Å²) < 4.78 is 0. The first-order valence-electron chi connectivity index (χ1n) is 6.33. The molecule has 0 radical (unpaired) electrons. The van der Waals surface area contributed by atoms with Gasteiger partial charge < -0.3 is 10.6 Å². The molecule has 1 heterocycles. The molecule has 21 heavy (non-hydrogen) atoms. The van der Waals surface area contributed by atoms with Gasteiger partial charge in [-0.1, -0.05) is 23.7 Å². The highest BCUT2D eigenvalue weighted by Crippen LogP contribution is 2.23. The number of benzene rings is 1. The first-order valence-corrected chi connectivity index (χ1v) is 6.71. The fraction of sp³-hybridized carbons (Fsp3) is 0.231. The standard InChI is InChI=1S/C13H14ClN5O2/c1-2-15-13-17-8-11(19(20)21)12(18-13)16-7-9-4-3-5-10(14)6-9/h3-6,8H,2,7H2,1H3,(H2,15,16,17,18). The van der Waals surface area contributed by atoms with E-state index in [0.717, 1.165) is 5.56 Å². The Kier molecular flexibility index (Phi) is 4.89. The minimum absolute atomic E-state index is 0.168. The zero-order valence-electron chi connectivity index (χ0n) is 11.3. The quantitative estimate of drug-likeness (QED) is 0.629. The average molecular weight is 308 g/mol. The lowest BCUT2D eigenvalue weighted by Gasteiger charge is -2.08. The second-order valence-corrected chi connectivity index (χ2v) is 4.63. The molecule has 8 heteroatoms. The Labute approximate surface area is 126 Å². The van der Waals surface area contributed by atoms with E-state index >= 15 is 0 Å². The zero-order chi connectivity index (χ0) is 15.2. The van der Waals surface area contributed by atoms with Gasteiger partial charge in [0.15, 0.2) is 0 Å². The van der Waals surface area contributed by atoms with Crippen LogP contribution in [0.1, 0.15) is 12.5 Å². The number of anilines is 2. The highest BCUT2D eigenvalue weighted by atomic mass is 35.5. The zero-order valence-corrected chi connectivity index (χ0v) is 12.1. The Hall–Kier alpha value is -2.41. The van der Waals surface area contributed by atoms with Crippen molar-refractivity contribution in [2.75, 3.05) is 17.2 Å². The number of nitro groups is 1. The molecule has 0 aliphatic rings. The van der Waals surface area contributed by atoms with Crippen LogP contribution < -0.4 is 10.6 Å². The molecule has 2 aromatic rings. The van der Waals surface area contributed by atoms with E-state index in [1.807, 2.05) is 19.1 Å². The maximum atomic E-state index is 11.0. The van der Waals surface area contributed by atoms with Gasteiger partial charge in [0.05, 0.1) is 4.92 Å². The summed E-state index contributed by atoms with van der Waals surface area (Å²) >= 11 is 5.90. The third-order valence-corrected chi connectivity index (χ3v) is 2.89. The first kappa shape index (κ1) is 15.0. The third-order valence-electron chi connectivity index (χ3n) is 2.65. The molecular weight excluding hydrogens is 294 g/mol. The SMILES string of the molecule is CCNc1ncc([N+](=O)[O-])c(NCc2cccc(Cl)c2)n1. The van der Waals surface area contributed by atoms with Gasteiger partial charge in [-0.25, -0.2) is 4.98 Å². The van der Waals surface area contributed by atoms with Gasteiger partial charge in [0.25, 0.3) is 0 Å². The van der Waals surface area contributed by atoms with Crippen LogP contribution >= 0.6 is 11.6 Å². The average Bonchev–Trinajstić information content (AvgIpc) is 2.45. The predicted octanol–water partition coefficient (Wildman–Crippen LogP) is 3.08. The molecule has 2 rings (SSSR count). The molecule has 2 N–H and O–H groups in total. The van der Waals surface area contributed by atoms with Gasteiger partial charge in [-0.15, -0.1) is 0 Å². The second-order valence-electron chi connectivity index (χ2n) is 4.20. The summed E-state index contributed by atoms with van der Waals surface area (Å²) in [7, 11) is 0. The third kappa shape index (κ3) is 4.03. The number of hydrogen-bond donors (Lipinski definition) is 2. The summed E-state index contributed by atoms with van der Waals surface area (Å²) in [6.07, 6.45) is 1.19. The maximum absolute atomic E-state index is 11.0. The fourth-order valence-corrected chi connectivity index (χ4v) is 1.93. The molecule has 0 bridgehead atoms. The molecule has 1 aromatic carbocycles. The van der Waals surface area contributed by atoms with E-state index in [9.17, 15) is 10.1 Å². The van der Waals surface area contributed by atoms with Gasteiger partial charge in [-0.3, -0.25) is 10.1 Å². The fourth-order valence-electron chi connectivity index (χ4n) is 1.72. The van der Waals surface area contributed by atoms with Gasteiger partial charge in [-0.2, -0.15) is 4.98 Å². The van der Waals surface area contributed by atoms with Gasteiger partial charge in [0.1, 0.15) is 6.20 Å². The van der Waals surface area contributed by atoms with Crippen molar-refractivity contribution in [2.45, 2.75) is 13.5 Å². The van der Waals surface area contributed by atoms with Crippen LogP contribution in [0.2, 0.25) is 5.02 Å². The Morgan fingerprint density at radius 2 is 2.19 bits per heavy atom. The Morgan fingerprint density at radius 1 is 1.38 bits per heavy atom. The summed E-state index contributed by atoms with van der Waals surface area (Å²) in [5.41, 5.74) is 0.735. The van der Waals surface area contributed by atoms with Crippen LogP contribution in [0.3, 0.4) is 0 Å². The Morgan fingerprint density at radius 3 is 2.86 bits per heavy atom. The van der Waals surface area contributed by atoms with Crippen molar-refractivity contribution in [2.24, 2.45) is 0 Å². The number of halogens is 1. The van der Waals surface area contributed by atoms with Crippen molar-refractivity contribution < 1.29 is 4.92 Å². The van der Waals surface area contributed by atoms with Gasteiger partial charge >= 0.3 is 5.69 Å². The highest BCUT2D eigenvalue weighted by Gasteiger charge is 2.16. The summed E-state index contributed by atoms with van der Waals surface area (Å²) in [4.78, 5) is 18.5. The molecule has 0 aliphatic carbocycles. The van der Waals surface area contributed by atoms with E-state index in [4.69, 9.17) is 11.6 Å². The lowest BCUT2D eigenvalue weighted by atomic mass is 10.2. The molecule has 0 amide bonds. The van der Waals surface area contributed by atoms with Crippen LogP contribution in [0.15, 0.2) is 30.5 Å². The molecule has 7 nitrogen and oxygen atoms in total. The van der Waals surface area contributed by atoms with Gasteiger partial charge in [0, 0.05) is 18.1 Å². The smallest absolute Gasteiger partial charge is 0.329 e. The number of nitrogens with zero attached hydrogens (tertiary/aromatic N) is 3. The Bertz CT molecular complexity index is 650. The lowest BCUT2D eigenvalue weighted by Crippen LogP contribution is -2.09.